The lowest BCUT2D eigenvalue weighted by atomic mass is 10.1. The average Bonchev–Trinajstić information content (AvgIpc) is 2.89. The summed E-state index contributed by atoms with van der Waals surface area (Å²) >= 11 is 0. The Bertz CT molecular complexity index is 834. The zero-order valence-electron chi connectivity index (χ0n) is 15.0. The Morgan fingerprint density at radius 3 is 2.64 bits per heavy atom. The van der Waals surface area contributed by atoms with E-state index in [2.05, 4.69) is 13.8 Å². The van der Waals surface area contributed by atoms with Crippen molar-refractivity contribution in [1.82, 2.24) is 0 Å². The Labute approximate surface area is 148 Å². The topological polar surface area (TPSA) is 44.8 Å². The minimum Gasteiger partial charge on any atom is -0.493 e. The van der Waals surface area contributed by atoms with E-state index in [1.165, 1.54) is 0 Å². The molecule has 0 unspecified atom stereocenters. The molecule has 0 N–H and O–H groups in total. The largest absolute Gasteiger partial charge is 0.493 e. The molecule has 0 spiro atoms. The first-order chi connectivity index (χ1) is 12.0. The SMILES string of the molecule is COc1cc(/C=C2\Oc3ccc(C)cc3C2=O)ccc1OCC(C)C. The van der Waals surface area contributed by atoms with Crippen molar-refractivity contribution >= 4 is 11.9 Å². The van der Waals surface area contributed by atoms with E-state index in [9.17, 15) is 4.79 Å². The van der Waals surface area contributed by atoms with Crippen molar-refractivity contribution in [3.05, 3.63) is 58.8 Å². The summed E-state index contributed by atoms with van der Waals surface area (Å²) in [5, 5.41) is 0. The molecule has 0 fully saturated rings. The van der Waals surface area contributed by atoms with Gasteiger partial charge in [-0.3, -0.25) is 4.79 Å². The van der Waals surface area contributed by atoms with Crippen molar-refractivity contribution in [3.8, 4) is 17.2 Å². The standard InChI is InChI=1S/C21H22O4/c1-13(2)12-24-18-8-6-15(10-19(18)23-4)11-20-21(22)16-9-14(3)5-7-17(16)25-20/h5-11,13H,12H2,1-4H3/b20-11-. The predicted molar refractivity (Wildman–Crippen MR) is 97.4 cm³/mol. The van der Waals surface area contributed by atoms with E-state index in [1.54, 1.807) is 13.2 Å². The normalized spacial score (nSPS) is 14.6. The number of hydrogen-bond donors (Lipinski definition) is 0. The quantitative estimate of drug-likeness (QED) is 0.744. The van der Waals surface area contributed by atoms with Gasteiger partial charge in [0, 0.05) is 0 Å². The summed E-state index contributed by atoms with van der Waals surface area (Å²) in [6.45, 7) is 6.75. The number of ketones is 1. The lowest BCUT2D eigenvalue weighted by molar-refractivity contribution is 0.101. The molecule has 0 atom stereocenters. The molecule has 130 valence electrons. The van der Waals surface area contributed by atoms with Gasteiger partial charge in [0.05, 0.1) is 19.3 Å². The number of benzene rings is 2. The molecule has 0 radical (unpaired) electrons. The van der Waals surface area contributed by atoms with Gasteiger partial charge in [0.1, 0.15) is 5.75 Å². The molecule has 0 saturated heterocycles. The Morgan fingerprint density at radius 1 is 1.12 bits per heavy atom. The predicted octanol–water partition coefficient (Wildman–Crippen LogP) is 4.65. The molecule has 0 aromatic heterocycles. The van der Waals surface area contributed by atoms with E-state index in [4.69, 9.17) is 14.2 Å². The molecule has 0 aliphatic carbocycles. The van der Waals surface area contributed by atoms with Crippen molar-refractivity contribution in [2.45, 2.75) is 20.8 Å². The van der Waals surface area contributed by atoms with Crippen LogP contribution in [0, 0.1) is 12.8 Å². The average molecular weight is 338 g/mol. The van der Waals surface area contributed by atoms with Gasteiger partial charge in [0.25, 0.3) is 0 Å². The first kappa shape index (κ1) is 17.1. The Balaban J connectivity index is 1.86. The maximum absolute atomic E-state index is 12.5. The van der Waals surface area contributed by atoms with Gasteiger partial charge in [0.15, 0.2) is 17.3 Å². The van der Waals surface area contributed by atoms with Crippen LogP contribution in [-0.2, 0) is 0 Å². The van der Waals surface area contributed by atoms with E-state index in [0.717, 1.165) is 11.1 Å². The number of ether oxygens (including phenoxy) is 3. The number of allylic oxidation sites excluding steroid dienone is 1. The Morgan fingerprint density at radius 2 is 1.92 bits per heavy atom. The Hall–Kier alpha value is -2.75. The lowest BCUT2D eigenvalue weighted by Gasteiger charge is -2.13. The second-order valence-electron chi connectivity index (χ2n) is 6.55. The van der Waals surface area contributed by atoms with E-state index in [-0.39, 0.29) is 5.78 Å². The number of Topliss-reactive ketones (excluding diaryl/α,β-unsaturated/α-hetero) is 1. The number of carbonyl (C=O) groups is 1. The van der Waals surface area contributed by atoms with Crippen LogP contribution in [0.3, 0.4) is 0 Å². The summed E-state index contributed by atoms with van der Waals surface area (Å²) in [5.41, 5.74) is 2.46. The van der Waals surface area contributed by atoms with Gasteiger partial charge in [-0.2, -0.15) is 0 Å². The first-order valence-electron chi connectivity index (χ1n) is 8.33. The minimum absolute atomic E-state index is 0.0993. The van der Waals surface area contributed by atoms with Crippen LogP contribution in [0.2, 0.25) is 0 Å². The zero-order chi connectivity index (χ0) is 18.0. The highest BCUT2D eigenvalue weighted by Gasteiger charge is 2.27. The van der Waals surface area contributed by atoms with Crippen molar-refractivity contribution < 1.29 is 19.0 Å². The van der Waals surface area contributed by atoms with Crippen LogP contribution >= 0.6 is 0 Å². The first-order valence-corrected chi connectivity index (χ1v) is 8.33. The number of methoxy groups -OCH3 is 1. The van der Waals surface area contributed by atoms with Crippen LogP contribution in [0.5, 0.6) is 17.2 Å². The van der Waals surface area contributed by atoms with E-state index in [0.29, 0.717) is 41.1 Å². The molecule has 3 rings (SSSR count). The molecule has 0 bridgehead atoms. The van der Waals surface area contributed by atoms with Crippen LogP contribution in [-0.4, -0.2) is 19.5 Å². The Kier molecular flexibility index (Phi) is 4.79. The van der Waals surface area contributed by atoms with Gasteiger partial charge in [-0.1, -0.05) is 31.5 Å². The summed E-state index contributed by atoms with van der Waals surface area (Å²) in [6.07, 6.45) is 1.73. The van der Waals surface area contributed by atoms with Crippen LogP contribution in [0.25, 0.3) is 6.08 Å². The molecule has 0 saturated carbocycles. The van der Waals surface area contributed by atoms with E-state index >= 15 is 0 Å². The van der Waals surface area contributed by atoms with Crippen molar-refractivity contribution in [2.75, 3.05) is 13.7 Å². The molecule has 1 aliphatic rings. The fourth-order valence-electron chi connectivity index (χ4n) is 2.60. The minimum atomic E-state index is -0.0993. The summed E-state index contributed by atoms with van der Waals surface area (Å²) < 4.78 is 16.9. The molecule has 1 heterocycles. The van der Waals surface area contributed by atoms with Crippen LogP contribution in [0.15, 0.2) is 42.2 Å². The maximum Gasteiger partial charge on any atom is 0.231 e. The third-order valence-electron chi connectivity index (χ3n) is 3.88. The zero-order valence-corrected chi connectivity index (χ0v) is 15.0. The van der Waals surface area contributed by atoms with Crippen LogP contribution in [0.4, 0.5) is 0 Å². The number of rotatable bonds is 5. The molecule has 4 nitrogen and oxygen atoms in total. The smallest absolute Gasteiger partial charge is 0.231 e. The summed E-state index contributed by atoms with van der Waals surface area (Å²) in [6, 6.07) is 11.2. The summed E-state index contributed by atoms with van der Waals surface area (Å²) in [5.74, 6) is 2.57. The molecule has 0 amide bonds. The number of aryl methyl sites for hydroxylation is 1. The highest BCUT2D eigenvalue weighted by atomic mass is 16.5. The number of hydrogen-bond acceptors (Lipinski definition) is 4. The fraction of sp³-hybridized carbons (Fsp3) is 0.286. The van der Waals surface area contributed by atoms with E-state index < -0.39 is 0 Å². The second-order valence-corrected chi connectivity index (χ2v) is 6.55. The molecule has 4 heteroatoms. The van der Waals surface area contributed by atoms with Crippen molar-refractivity contribution in [2.24, 2.45) is 5.92 Å². The van der Waals surface area contributed by atoms with Crippen LogP contribution < -0.4 is 14.2 Å². The fourth-order valence-corrected chi connectivity index (χ4v) is 2.60. The van der Waals surface area contributed by atoms with Crippen molar-refractivity contribution in [1.29, 1.82) is 0 Å². The third-order valence-corrected chi connectivity index (χ3v) is 3.88. The molecule has 2 aromatic rings. The molecule has 1 aliphatic heterocycles. The number of fused-ring (bicyclic) bond motifs is 1. The molecule has 25 heavy (non-hydrogen) atoms. The molecular formula is C21H22O4. The van der Waals surface area contributed by atoms with Gasteiger partial charge in [0.2, 0.25) is 5.78 Å². The molecule has 2 aromatic carbocycles. The van der Waals surface area contributed by atoms with E-state index in [1.807, 2.05) is 43.3 Å². The second kappa shape index (κ2) is 7.01. The van der Waals surface area contributed by atoms with Gasteiger partial charge >= 0.3 is 0 Å². The van der Waals surface area contributed by atoms with Crippen molar-refractivity contribution in [3.63, 3.8) is 0 Å². The maximum atomic E-state index is 12.5. The number of carbonyl (C=O) groups excluding carboxylic acids is 1. The monoisotopic (exact) mass is 338 g/mol. The van der Waals surface area contributed by atoms with Gasteiger partial charge in [-0.05, 0) is 48.7 Å². The summed E-state index contributed by atoms with van der Waals surface area (Å²) in [7, 11) is 1.60. The molecular weight excluding hydrogens is 316 g/mol. The lowest BCUT2D eigenvalue weighted by Crippen LogP contribution is -2.05. The van der Waals surface area contributed by atoms with Crippen LogP contribution in [0.1, 0.15) is 35.3 Å². The summed E-state index contributed by atoms with van der Waals surface area (Å²) in [4.78, 5) is 12.5. The van der Waals surface area contributed by atoms with Gasteiger partial charge in [-0.15, -0.1) is 0 Å². The third kappa shape index (κ3) is 3.68. The van der Waals surface area contributed by atoms with Gasteiger partial charge < -0.3 is 14.2 Å². The van der Waals surface area contributed by atoms with Gasteiger partial charge in [-0.25, -0.2) is 0 Å². The highest BCUT2D eigenvalue weighted by molar-refractivity contribution is 6.14. The highest BCUT2D eigenvalue weighted by Crippen LogP contribution is 2.34.